The van der Waals surface area contributed by atoms with Crippen LogP contribution in [0.2, 0.25) is 0 Å². The van der Waals surface area contributed by atoms with E-state index in [4.69, 9.17) is 0 Å². The van der Waals surface area contributed by atoms with Crippen molar-refractivity contribution in [3.8, 4) is 5.69 Å². The Balaban J connectivity index is 1.46. The van der Waals surface area contributed by atoms with Gasteiger partial charge in [-0.3, -0.25) is 14.9 Å². The molecule has 10 heteroatoms. The number of carbonyl (C=O) groups excluding carboxylic acids is 3. The normalized spacial score (nSPS) is 22.0. The number of urea groups is 1. The van der Waals surface area contributed by atoms with Gasteiger partial charge in [0.2, 0.25) is 0 Å². The summed E-state index contributed by atoms with van der Waals surface area (Å²) >= 11 is 3.35. The summed E-state index contributed by atoms with van der Waals surface area (Å²) in [4.78, 5) is 37.4. The lowest BCUT2D eigenvalue weighted by Gasteiger charge is -2.25. The van der Waals surface area contributed by atoms with Crippen molar-refractivity contribution in [3.63, 3.8) is 0 Å². The number of hydrogen-bond donors (Lipinski definition) is 3. The van der Waals surface area contributed by atoms with Crippen molar-refractivity contribution in [2.45, 2.75) is 18.4 Å². The molecular formula is C16H15BrN6O3. The molecule has 2 fully saturated rings. The first-order valence-corrected chi connectivity index (χ1v) is 8.87. The quantitative estimate of drug-likeness (QED) is 0.619. The van der Waals surface area contributed by atoms with Gasteiger partial charge in [-0.15, -0.1) is 5.10 Å². The SMILES string of the molecule is O=C1NC(=O)[C@](CNC(=O)c2cnn(-c3ccc(Br)cc3)n2)(C2CC2)N1. The average Bonchev–Trinajstić information content (AvgIpc) is 3.28. The van der Waals surface area contributed by atoms with Crippen LogP contribution in [0.25, 0.3) is 5.69 Å². The maximum absolute atomic E-state index is 12.4. The van der Waals surface area contributed by atoms with Gasteiger partial charge in [-0.25, -0.2) is 4.79 Å². The van der Waals surface area contributed by atoms with Crippen molar-refractivity contribution in [3.05, 3.63) is 40.6 Å². The highest BCUT2D eigenvalue weighted by molar-refractivity contribution is 9.10. The largest absolute Gasteiger partial charge is 0.348 e. The van der Waals surface area contributed by atoms with E-state index < -0.39 is 23.4 Å². The van der Waals surface area contributed by atoms with Gasteiger partial charge in [0.25, 0.3) is 11.8 Å². The molecule has 4 rings (SSSR count). The van der Waals surface area contributed by atoms with E-state index in [1.807, 2.05) is 24.3 Å². The highest BCUT2D eigenvalue weighted by Gasteiger charge is 2.56. The Labute approximate surface area is 156 Å². The molecule has 4 amide bonds. The molecule has 2 aliphatic rings. The fraction of sp³-hybridized carbons (Fsp3) is 0.312. The predicted molar refractivity (Wildman–Crippen MR) is 93.5 cm³/mol. The Hall–Kier alpha value is -2.75. The first-order chi connectivity index (χ1) is 12.5. The summed E-state index contributed by atoms with van der Waals surface area (Å²) in [5, 5.41) is 15.9. The van der Waals surface area contributed by atoms with Gasteiger partial charge >= 0.3 is 6.03 Å². The predicted octanol–water partition coefficient (Wildman–Crippen LogP) is 0.748. The molecule has 0 unspecified atom stereocenters. The Morgan fingerprint density at radius 2 is 2.04 bits per heavy atom. The third-order valence-electron chi connectivity index (χ3n) is 4.55. The molecule has 1 aromatic heterocycles. The van der Waals surface area contributed by atoms with Gasteiger partial charge in [0.15, 0.2) is 5.69 Å². The van der Waals surface area contributed by atoms with Crippen LogP contribution >= 0.6 is 15.9 Å². The van der Waals surface area contributed by atoms with Gasteiger partial charge in [-0.05, 0) is 43.0 Å². The summed E-state index contributed by atoms with van der Waals surface area (Å²) in [6.45, 7) is 0.0131. The monoisotopic (exact) mass is 418 g/mol. The van der Waals surface area contributed by atoms with E-state index in [-0.39, 0.29) is 18.2 Å². The molecule has 2 aromatic rings. The number of carbonyl (C=O) groups is 3. The van der Waals surface area contributed by atoms with Crippen LogP contribution in [0.5, 0.6) is 0 Å². The van der Waals surface area contributed by atoms with Crippen LogP contribution in [0.15, 0.2) is 34.9 Å². The van der Waals surface area contributed by atoms with Crippen LogP contribution in [-0.2, 0) is 4.79 Å². The fourth-order valence-corrected chi connectivity index (χ4v) is 3.28. The maximum Gasteiger partial charge on any atom is 0.322 e. The molecule has 0 bridgehead atoms. The molecule has 3 N–H and O–H groups in total. The lowest BCUT2D eigenvalue weighted by molar-refractivity contribution is -0.124. The standard InChI is InChI=1S/C16H15BrN6O3/c17-10-3-5-11(6-4-10)23-19-7-12(22-23)13(24)18-8-16(9-1-2-9)14(25)20-15(26)21-16/h3-7,9H,1-2,8H2,(H,18,24)(H2,20,21,25,26)/t16-/m0/s1. The number of imide groups is 1. The Bertz CT molecular complexity index is 892. The van der Waals surface area contributed by atoms with E-state index in [0.717, 1.165) is 17.3 Å². The second-order valence-corrected chi connectivity index (χ2v) is 7.25. The summed E-state index contributed by atoms with van der Waals surface area (Å²) < 4.78 is 0.925. The molecule has 1 saturated carbocycles. The third-order valence-corrected chi connectivity index (χ3v) is 5.08. The zero-order valence-electron chi connectivity index (χ0n) is 13.5. The van der Waals surface area contributed by atoms with Gasteiger partial charge in [0.1, 0.15) is 5.54 Å². The lowest BCUT2D eigenvalue weighted by atomic mass is 9.93. The second-order valence-electron chi connectivity index (χ2n) is 6.33. The summed E-state index contributed by atoms with van der Waals surface area (Å²) in [5.41, 5.74) is -0.234. The molecule has 9 nitrogen and oxygen atoms in total. The van der Waals surface area contributed by atoms with Crippen LogP contribution in [-0.4, -0.2) is 44.9 Å². The third kappa shape index (κ3) is 2.96. The molecule has 26 heavy (non-hydrogen) atoms. The zero-order chi connectivity index (χ0) is 18.3. The summed E-state index contributed by atoms with van der Waals surface area (Å²) in [7, 11) is 0. The molecular weight excluding hydrogens is 404 g/mol. The molecule has 0 radical (unpaired) electrons. The van der Waals surface area contributed by atoms with Gasteiger partial charge in [0.05, 0.1) is 18.4 Å². The van der Waals surface area contributed by atoms with Gasteiger partial charge in [-0.1, -0.05) is 15.9 Å². The molecule has 1 saturated heterocycles. The number of hydrogen-bond acceptors (Lipinski definition) is 5. The van der Waals surface area contributed by atoms with Gasteiger partial charge < -0.3 is 10.6 Å². The average molecular weight is 419 g/mol. The van der Waals surface area contributed by atoms with Crippen molar-refractivity contribution >= 4 is 33.8 Å². The van der Waals surface area contributed by atoms with Gasteiger partial charge in [0, 0.05) is 4.47 Å². The second kappa shape index (κ2) is 6.20. The number of rotatable bonds is 5. The van der Waals surface area contributed by atoms with E-state index in [1.165, 1.54) is 11.0 Å². The van der Waals surface area contributed by atoms with Crippen LogP contribution in [0.4, 0.5) is 4.79 Å². The number of aromatic nitrogens is 3. The number of amides is 4. The first-order valence-electron chi connectivity index (χ1n) is 8.08. The molecule has 1 aliphatic carbocycles. The van der Waals surface area contributed by atoms with Crippen molar-refractivity contribution in [2.75, 3.05) is 6.54 Å². The molecule has 2 heterocycles. The molecule has 1 aromatic carbocycles. The van der Waals surface area contributed by atoms with Crippen LogP contribution in [0.1, 0.15) is 23.3 Å². The topological polar surface area (TPSA) is 118 Å². The Kier molecular flexibility index (Phi) is 3.98. The van der Waals surface area contributed by atoms with E-state index in [0.29, 0.717) is 5.69 Å². The number of nitrogens with zero attached hydrogens (tertiary/aromatic N) is 3. The molecule has 134 valence electrons. The first kappa shape index (κ1) is 16.7. The fourth-order valence-electron chi connectivity index (χ4n) is 3.01. The minimum atomic E-state index is -1.07. The van der Waals surface area contributed by atoms with E-state index >= 15 is 0 Å². The Morgan fingerprint density at radius 1 is 1.31 bits per heavy atom. The van der Waals surface area contributed by atoms with Crippen molar-refractivity contribution in [1.29, 1.82) is 0 Å². The van der Waals surface area contributed by atoms with Crippen molar-refractivity contribution < 1.29 is 14.4 Å². The number of nitrogens with one attached hydrogen (secondary N) is 3. The summed E-state index contributed by atoms with van der Waals surface area (Å²) in [6.07, 6.45) is 3.03. The minimum absolute atomic E-state index is 0.0131. The number of halogens is 1. The zero-order valence-corrected chi connectivity index (χ0v) is 15.1. The Morgan fingerprint density at radius 3 is 2.65 bits per heavy atom. The smallest absolute Gasteiger partial charge is 0.322 e. The molecule has 1 atom stereocenters. The van der Waals surface area contributed by atoms with Gasteiger partial charge in [-0.2, -0.15) is 9.90 Å². The summed E-state index contributed by atoms with van der Waals surface area (Å²) in [6, 6.07) is 6.79. The van der Waals surface area contributed by atoms with E-state index in [9.17, 15) is 14.4 Å². The molecule has 0 spiro atoms. The number of benzene rings is 1. The molecule has 1 aliphatic heterocycles. The van der Waals surface area contributed by atoms with Crippen molar-refractivity contribution in [2.24, 2.45) is 5.92 Å². The lowest BCUT2D eigenvalue weighted by Crippen LogP contribution is -2.57. The highest BCUT2D eigenvalue weighted by atomic mass is 79.9. The van der Waals surface area contributed by atoms with Crippen LogP contribution < -0.4 is 16.0 Å². The maximum atomic E-state index is 12.4. The van der Waals surface area contributed by atoms with E-state index in [1.54, 1.807) is 0 Å². The summed E-state index contributed by atoms with van der Waals surface area (Å²) in [5.74, 6) is -0.821. The highest BCUT2D eigenvalue weighted by Crippen LogP contribution is 2.41. The minimum Gasteiger partial charge on any atom is -0.348 e. The van der Waals surface area contributed by atoms with Crippen molar-refractivity contribution in [1.82, 2.24) is 30.9 Å². The van der Waals surface area contributed by atoms with Crippen LogP contribution in [0, 0.1) is 5.92 Å². The van der Waals surface area contributed by atoms with E-state index in [2.05, 4.69) is 42.1 Å². The van der Waals surface area contributed by atoms with Crippen LogP contribution in [0.3, 0.4) is 0 Å².